The van der Waals surface area contributed by atoms with Gasteiger partial charge in [0, 0.05) is 11.6 Å². The van der Waals surface area contributed by atoms with Crippen molar-refractivity contribution in [2.45, 2.75) is 45.1 Å². The Morgan fingerprint density at radius 3 is 2.42 bits per heavy atom. The first-order valence-corrected chi connectivity index (χ1v) is 14.2. The van der Waals surface area contributed by atoms with Gasteiger partial charge in [-0.2, -0.15) is 5.10 Å². The van der Waals surface area contributed by atoms with E-state index in [0.29, 0.717) is 11.1 Å². The van der Waals surface area contributed by atoms with Gasteiger partial charge in [-0.05, 0) is 60.9 Å². The van der Waals surface area contributed by atoms with Crippen LogP contribution in [0.2, 0.25) is 0 Å². The second-order valence-electron chi connectivity index (χ2n) is 10.5. The zero-order chi connectivity index (χ0) is 30.2. The van der Waals surface area contributed by atoms with Gasteiger partial charge < -0.3 is 15.4 Å². The Labute approximate surface area is 249 Å². The molecule has 0 aromatic heterocycles. The van der Waals surface area contributed by atoms with Crippen LogP contribution in [-0.2, 0) is 9.59 Å². The molecular weight excluding hydrogens is 544 g/mol. The van der Waals surface area contributed by atoms with Crippen LogP contribution in [0.1, 0.15) is 63.9 Å². The van der Waals surface area contributed by atoms with Gasteiger partial charge in [-0.15, -0.1) is 0 Å². The molecule has 0 heterocycles. The molecule has 1 aliphatic carbocycles. The molecule has 9 heteroatoms. The Morgan fingerprint density at radius 2 is 1.60 bits per heavy atom. The molecule has 4 aromatic carbocycles. The molecule has 0 atom stereocenters. The van der Waals surface area contributed by atoms with Crippen LogP contribution in [0.15, 0.2) is 90.0 Å². The van der Waals surface area contributed by atoms with E-state index < -0.39 is 17.8 Å². The van der Waals surface area contributed by atoms with E-state index in [9.17, 15) is 19.2 Å². The normalized spacial score (nSPS) is 13.4. The molecule has 1 saturated carbocycles. The van der Waals surface area contributed by atoms with E-state index in [-0.39, 0.29) is 28.9 Å². The number of aryl methyl sites for hydroxylation is 1. The Balaban J connectivity index is 1.29. The number of hydrazone groups is 1. The van der Waals surface area contributed by atoms with Gasteiger partial charge in [0.1, 0.15) is 5.75 Å². The van der Waals surface area contributed by atoms with Crippen LogP contribution < -0.4 is 20.8 Å². The molecule has 9 nitrogen and oxygen atoms in total. The maximum atomic E-state index is 12.9. The first kappa shape index (κ1) is 29.2. The molecule has 0 bridgehead atoms. The lowest BCUT2D eigenvalue weighted by Crippen LogP contribution is -2.37. The van der Waals surface area contributed by atoms with Crippen molar-refractivity contribution in [3.05, 3.63) is 107 Å². The number of fused-ring (bicyclic) bond motifs is 1. The number of nitrogens with zero attached hydrogens (tertiary/aromatic N) is 1. The second-order valence-corrected chi connectivity index (χ2v) is 10.5. The Morgan fingerprint density at radius 1 is 0.837 bits per heavy atom. The quantitative estimate of drug-likeness (QED) is 0.0878. The van der Waals surface area contributed by atoms with Gasteiger partial charge in [-0.3, -0.25) is 14.4 Å². The van der Waals surface area contributed by atoms with Crippen LogP contribution in [-0.4, -0.2) is 35.9 Å². The molecule has 3 amide bonds. The molecule has 5 rings (SSSR count). The molecule has 0 unspecified atom stereocenters. The molecule has 0 radical (unpaired) electrons. The lowest BCUT2D eigenvalue weighted by molar-refractivity contribution is -0.136. The minimum Gasteiger partial charge on any atom is -0.422 e. The van der Waals surface area contributed by atoms with Gasteiger partial charge in [0.2, 0.25) is 0 Å². The molecule has 0 spiro atoms. The molecule has 43 heavy (non-hydrogen) atoms. The van der Waals surface area contributed by atoms with Gasteiger partial charge >= 0.3 is 17.8 Å². The number of hydrogen-bond acceptors (Lipinski definition) is 6. The zero-order valence-corrected chi connectivity index (χ0v) is 23.8. The van der Waals surface area contributed by atoms with Gasteiger partial charge in [-0.25, -0.2) is 10.2 Å². The molecule has 1 fully saturated rings. The number of para-hydroxylation sites is 1. The van der Waals surface area contributed by atoms with Crippen molar-refractivity contribution in [2.75, 3.05) is 5.32 Å². The highest BCUT2D eigenvalue weighted by molar-refractivity contribution is 6.40. The van der Waals surface area contributed by atoms with E-state index in [1.165, 1.54) is 6.21 Å². The summed E-state index contributed by atoms with van der Waals surface area (Å²) < 4.78 is 5.71. The number of carbonyl (C=O) groups is 4. The summed E-state index contributed by atoms with van der Waals surface area (Å²) in [5.41, 5.74) is 4.49. The van der Waals surface area contributed by atoms with Crippen LogP contribution in [0.3, 0.4) is 0 Å². The smallest absolute Gasteiger partial charge is 0.343 e. The fourth-order valence-corrected chi connectivity index (χ4v) is 5.11. The number of benzene rings is 4. The topological polar surface area (TPSA) is 126 Å². The third-order valence-corrected chi connectivity index (χ3v) is 7.31. The maximum absolute atomic E-state index is 12.9. The summed E-state index contributed by atoms with van der Waals surface area (Å²) in [6.07, 6.45) is 6.47. The highest BCUT2D eigenvalue weighted by atomic mass is 16.5. The average molecular weight is 577 g/mol. The SMILES string of the molecule is Cc1cccc(C(=O)Oc2ccc3ccccc3c2/C=N\NC(=O)C(=O)Nc2ccccc2C(=O)NC2CCCCC2)c1. The van der Waals surface area contributed by atoms with E-state index in [0.717, 1.165) is 48.4 Å². The van der Waals surface area contributed by atoms with Crippen LogP contribution in [0.4, 0.5) is 5.69 Å². The standard InChI is InChI=1S/C34H32N4O5/c1-22-10-9-12-24(20-22)34(42)43-30-19-18-23-11-5-6-15-26(23)28(30)21-35-38-33(41)32(40)37-29-17-8-7-16-27(29)31(39)36-25-13-3-2-4-14-25/h5-12,15-21,25H,2-4,13-14H2,1H3,(H,36,39)(H,37,40)(H,38,41)/b35-21-. The number of anilines is 1. The molecule has 4 aromatic rings. The van der Waals surface area contributed by atoms with Crippen molar-refractivity contribution in [2.24, 2.45) is 5.10 Å². The Bertz CT molecular complexity index is 1710. The summed E-state index contributed by atoms with van der Waals surface area (Å²) in [6.45, 7) is 1.88. The molecule has 3 N–H and O–H groups in total. The third kappa shape index (κ3) is 7.32. The minimum absolute atomic E-state index is 0.0951. The van der Waals surface area contributed by atoms with Gasteiger partial charge in [0.25, 0.3) is 5.91 Å². The number of nitrogens with one attached hydrogen (secondary N) is 3. The number of esters is 1. The summed E-state index contributed by atoms with van der Waals surface area (Å²) in [4.78, 5) is 51.2. The minimum atomic E-state index is -1.03. The lowest BCUT2D eigenvalue weighted by Gasteiger charge is -2.23. The lowest BCUT2D eigenvalue weighted by atomic mass is 9.95. The molecule has 0 saturated heterocycles. The fourth-order valence-electron chi connectivity index (χ4n) is 5.11. The summed E-state index contributed by atoms with van der Waals surface area (Å²) in [7, 11) is 0. The molecule has 0 aliphatic heterocycles. The first-order chi connectivity index (χ1) is 20.9. The largest absolute Gasteiger partial charge is 0.422 e. The third-order valence-electron chi connectivity index (χ3n) is 7.31. The van der Waals surface area contributed by atoms with Crippen molar-refractivity contribution < 1.29 is 23.9 Å². The molecule has 1 aliphatic rings. The van der Waals surface area contributed by atoms with Crippen molar-refractivity contribution in [3.63, 3.8) is 0 Å². The second kappa shape index (κ2) is 13.6. The van der Waals surface area contributed by atoms with Gasteiger partial charge in [-0.1, -0.05) is 79.4 Å². The first-order valence-electron chi connectivity index (χ1n) is 14.2. The summed E-state index contributed by atoms with van der Waals surface area (Å²) in [6, 6.07) is 24.6. The summed E-state index contributed by atoms with van der Waals surface area (Å²) in [5, 5.41) is 11.1. The van der Waals surface area contributed by atoms with Crippen molar-refractivity contribution in [1.82, 2.24) is 10.7 Å². The molecule has 218 valence electrons. The number of ether oxygens (including phenoxy) is 1. The van der Waals surface area contributed by atoms with Crippen molar-refractivity contribution in [1.29, 1.82) is 0 Å². The Kier molecular flexibility index (Phi) is 9.21. The highest BCUT2D eigenvalue weighted by Crippen LogP contribution is 2.27. The van der Waals surface area contributed by atoms with E-state index in [4.69, 9.17) is 4.74 Å². The van der Waals surface area contributed by atoms with Gasteiger partial charge in [0.15, 0.2) is 0 Å². The highest BCUT2D eigenvalue weighted by Gasteiger charge is 2.21. The Hall–Kier alpha value is -5.31. The number of amides is 3. The van der Waals surface area contributed by atoms with E-state index in [2.05, 4.69) is 21.2 Å². The average Bonchev–Trinajstić information content (AvgIpc) is 3.02. The number of rotatable bonds is 7. The monoisotopic (exact) mass is 576 g/mol. The number of carbonyl (C=O) groups excluding carboxylic acids is 4. The van der Waals surface area contributed by atoms with E-state index in [1.54, 1.807) is 48.5 Å². The molecular formula is C34H32N4O5. The predicted octanol–water partition coefficient (Wildman–Crippen LogP) is 5.52. The predicted molar refractivity (Wildman–Crippen MR) is 165 cm³/mol. The van der Waals surface area contributed by atoms with Crippen LogP contribution in [0.5, 0.6) is 5.75 Å². The van der Waals surface area contributed by atoms with Crippen LogP contribution >= 0.6 is 0 Å². The fraction of sp³-hybridized carbons (Fsp3) is 0.206. The summed E-state index contributed by atoms with van der Waals surface area (Å²) in [5.74, 6) is -2.62. The van der Waals surface area contributed by atoms with E-state index in [1.807, 2.05) is 43.3 Å². The van der Waals surface area contributed by atoms with E-state index >= 15 is 0 Å². The van der Waals surface area contributed by atoms with Crippen molar-refractivity contribution in [3.8, 4) is 5.75 Å². The maximum Gasteiger partial charge on any atom is 0.343 e. The van der Waals surface area contributed by atoms with Gasteiger partial charge in [0.05, 0.1) is 23.0 Å². The zero-order valence-electron chi connectivity index (χ0n) is 23.8. The number of hydrogen-bond donors (Lipinski definition) is 3. The van der Waals surface area contributed by atoms with Crippen molar-refractivity contribution >= 4 is 46.4 Å². The van der Waals surface area contributed by atoms with Crippen LogP contribution in [0.25, 0.3) is 10.8 Å². The summed E-state index contributed by atoms with van der Waals surface area (Å²) >= 11 is 0. The van der Waals surface area contributed by atoms with Crippen LogP contribution in [0, 0.1) is 6.92 Å².